The van der Waals surface area contributed by atoms with Crippen LogP contribution in [0, 0.1) is 13.8 Å². The fourth-order valence-corrected chi connectivity index (χ4v) is 7.23. The molecule has 0 saturated heterocycles. The van der Waals surface area contributed by atoms with E-state index in [1.165, 1.54) is 19.1 Å². The maximum atomic E-state index is 13.7. The fraction of sp³-hybridized carbons (Fsp3) is 0.351. The first-order valence-corrected chi connectivity index (χ1v) is 18.7. The molecule has 0 aliphatic carbocycles. The maximum absolute atomic E-state index is 13.7. The Labute approximate surface area is 372 Å². The van der Waals surface area contributed by atoms with Crippen LogP contribution in [0.25, 0.3) is 21.4 Å². The van der Waals surface area contributed by atoms with E-state index < -0.39 is 24.1 Å². The van der Waals surface area contributed by atoms with Gasteiger partial charge in [-0.15, -0.1) is 61.0 Å². The van der Waals surface area contributed by atoms with Crippen molar-refractivity contribution >= 4 is 112 Å². The number of allylic oxidation sites excluding steroid dienone is 2. The number of ketones is 1. The van der Waals surface area contributed by atoms with Crippen LogP contribution in [-0.2, 0) is 37.3 Å². The summed E-state index contributed by atoms with van der Waals surface area (Å²) < 4.78 is 31.2. The van der Waals surface area contributed by atoms with Gasteiger partial charge in [-0.1, -0.05) is 12.2 Å². The van der Waals surface area contributed by atoms with Gasteiger partial charge in [-0.2, -0.15) is 10.2 Å². The van der Waals surface area contributed by atoms with Crippen molar-refractivity contribution in [1.29, 1.82) is 0 Å². The molecule has 6 rings (SSSR count). The molecule has 60 heavy (non-hydrogen) atoms. The predicted molar refractivity (Wildman–Crippen MR) is 236 cm³/mol. The number of thiophene rings is 1. The highest BCUT2D eigenvalue weighted by atomic mass is 35.5. The van der Waals surface area contributed by atoms with Crippen LogP contribution < -0.4 is 21.5 Å². The number of nitrogens with one attached hydrogen (secondary N) is 1. The highest BCUT2D eigenvalue weighted by molar-refractivity contribution is 7.20. The van der Waals surface area contributed by atoms with Crippen LogP contribution in [0.5, 0.6) is 5.75 Å². The average Bonchev–Trinajstić information content (AvgIpc) is 3.96. The molecule has 0 bridgehead atoms. The van der Waals surface area contributed by atoms with Gasteiger partial charge in [0.25, 0.3) is 11.8 Å². The summed E-state index contributed by atoms with van der Waals surface area (Å²) in [6.07, 6.45) is 2.06. The van der Waals surface area contributed by atoms with Gasteiger partial charge in [-0.3, -0.25) is 38.4 Å². The number of hydrogen-bond donors (Lipinski definition) is 3. The summed E-state index contributed by atoms with van der Waals surface area (Å²) in [6, 6.07) is 7.98. The number of rotatable bonds is 18. The van der Waals surface area contributed by atoms with Gasteiger partial charge in [0.1, 0.15) is 45.4 Å². The number of aromatic nitrogens is 8. The van der Waals surface area contributed by atoms with Gasteiger partial charge in [0.05, 0.1) is 34.8 Å². The average molecular weight is 934 g/mol. The molecule has 0 aliphatic heterocycles. The van der Waals surface area contributed by atoms with Gasteiger partial charge in [0, 0.05) is 31.7 Å². The van der Waals surface area contributed by atoms with Crippen molar-refractivity contribution in [1.82, 2.24) is 38.7 Å². The molecule has 326 valence electrons. The molecule has 6 aromatic rings. The van der Waals surface area contributed by atoms with Gasteiger partial charge in [0.15, 0.2) is 12.1 Å². The van der Waals surface area contributed by atoms with E-state index in [4.69, 9.17) is 25.9 Å². The first kappa shape index (κ1) is 51.1. The second-order valence-electron chi connectivity index (χ2n) is 12.8. The van der Waals surface area contributed by atoms with Crippen molar-refractivity contribution < 1.29 is 33.0 Å². The third kappa shape index (κ3) is 11.2. The van der Waals surface area contributed by atoms with Crippen molar-refractivity contribution in [3.05, 3.63) is 81.5 Å². The predicted octanol–water partition coefficient (Wildman–Crippen LogP) is 6.03. The minimum atomic E-state index is -1.50. The number of ether oxygens (including phenoxy) is 2. The minimum absolute atomic E-state index is 0. The summed E-state index contributed by atoms with van der Waals surface area (Å²) >= 11 is 1.15. The summed E-state index contributed by atoms with van der Waals surface area (Å²) in [5.41, 5.74) is 14.8. The Morgan fingerprint density at radius 1 is 0.833 bits per heavy atom. The molecule has 1 unspecified atom stereocenters. The van der Waals surface area contributed by atoms with Gasteiger partial charge < -0.3 is 25.5 Å². The number of carbonyl (C=O) groups excluding carboxylic acids is 4. The highest BCUT2D eigenvalue weighted by Gasteiger charge is 2.23. The first-order chi connectivity index (χ1) is 26.8. The number of aryl methyl sites for hydroxylation is 4. The Kier molecular flexibility index (Phi) is 18.7. The number of halogens is 5. The molecule has 5 N–H and O–H groups in total. The second kappa shape index (κ2) is 22.0. The summed E-state index contributed by atoms with van der Waals surface area (Å²) in [4.78, 5) is 61.8. The molecule has 0 aliphatic rings. The van der Waals surface area contributed by atoms with Crippen molar-refractivity contribution in [3.8, 4) is 5.75 Å². The van der Waals surface area contributed by atoms with Crippen LogP contribution in [0.4, 0.5) is 10.3 Å². The fourth-order valence-electron chi connectivity index (χ4n) is 6.27. The smallest absolute Gasteiger partial charge is 0.276 e. The number of alkyl halides is 1. The van der Waals surface area contributed by atoms with Crippen molar-refractivity contribution in [2.24, 2.45) is 11.5 Å². The zero-order valence-corrected chi connectivity index (χ0v) is 37.3. The molecule has 5 aromatic heterocycles. The van der Waals surface area contributed by atoms with Crippen LogP contribution in [0.2, 0.25) is 0 Å². The van der Waals surface area contributed by atoms with Gasteiger partial charge >= 0.3 is 0 Å². The zero-order chi connectivity index (χ0) is 40.3. The van der Waals surface area contributed by atoms with E-state index in [0.29, 0.717) is 67.9 Å². The van der Waals surface area contributed by atoms with Gasteiger partial charge in [-0.25, -0.2) is 14.4 Å². The molecule has 0 fully saturated rings. The van der Waals surface area contributed by atoms with E-state index >= 15 is 0 Å². The Morgan fingerprint density at radius 2 is 1.45 bits per heavy atom. The number of anilines is 1. The lowest BCUT2D eigenvalue weighted by atomic mass is 10.1. The van der Waals surface area contributed by atoms with Crippen LogP contribution in [-0.4, -0.2) is 81.7 Å². The Hall–Kier alpha value is -5.05. The van der Waals surface area contributed by atoms with E-state index in [0.717, 1.165) is 11.3 Å². The molecule has 23 heteroatoms. The molecular weight excluding hydrogens is 887 g/mol. The van der Waals surface area contributed by atoms with E-state index in [2.05, 4.69) is 20.5 Å². The van der Waals surface area contributed by atoms with Crippen molar-refractivity contribution in [2.45, 2.75) is 73.6 Å². The monoisotopic (exact) mass is 931 g/mol. The Morgan fingerprint density at radius 3 is 2.05 bits per heavy atom. The third-order valence-corrected chi connectivity index (χ3v) is 9.89. The van der Waals surface area contributed by atoms with E-state index in [1.807, 2.05) is 32.9 Å². The molecule has 0 spiro atoms. The standard InChI is InChI=1S/C37H42FN11O6S.4ClH/c1-6-48-26(14-20(3)44-48)28(50)19-31-41-24-16-23(33(39)51)17-29(55-13-12-54-22(5)38)32(24)46(31)10-8-9-11-47-36-25(18-30(56-36)34(40)52)42-37(47)43-35(53)27-15-21(4)45-49(27)7-2;;;;/h8-9,14-18,22H,6-7,10-13,19H2,1-5H3,(H2,39,51)(H2,40,52)(H,42,43,53);4*1H/b9-8+;;;;. The normalized spacial score (nSPS) is 11.4. The van der Waals surface area contributed by atoms with Crippen LogP contribution in [0.3, 0.4) is 0 Å². The quantitative estimate of drug-likeness (QED) is 0.0516. The number of nitrogens with two attached hydrogens (primary N) is 2. The lowest BCUT2D eigenvalue weighted by molar-refractivity contribution is -0.0347. The lowest BCUT2D eigenvalue weighted by Crippen LogP contribution is -2.20. The van der Waals surface area contributed by atoms with Gasteiger partial charge in [0.2, 0.25) is 11.9 Å². The van der Waals surface area contributed by atoms with Crippen LogP contribution in [0.1, 0.15) is 79.0 Å². The number of Topliss-reactive ketones (excluding diaryl/α,β-unsaturated/α-hetero) is 1. The lowest BCUT2D eigenvalue weighted by Gasteiger charge is -2.13. The molecule has 0 saturated carbocycles. The third-order valence-electron chi connectivity index (χ3n) is 8.73. The maximum Gasteiger partial charge on any atom is 0.276 e. The molecule has 1 atom stereocenters. The largest absolute Gasteiger partial charge is 0.489 e. The zero-order valence-electron chi connectivity index (χ0n) is 33.2. The minimum Gasteiger partial charge on any atom is -0.489 e. The topological polar surface area (TPSA) is 222 Å². The summed E-state index contributed by atoms with van der Waals surface area (Å²) in [7, 11) is 0. The van der Waals surface area contributed by atoms with E-state index in [1.54, 1.807) is 43.6 Å². The van der Waals surface area contributed by atoms with Gasteiger partial charge in [-0.05, 0) is 65.0 Å². The summed E-state index contributed by atoms with van der Waals surface area (Å²) in [5.74, 6) is -1.07. The SMILES string of the molecule is CCn1nc(C)cc1C(=O)Cc1nc2cc(C(N)=O)cc(OCCOC(C)F)c2n1C/C=C/Cn1c(NC(=O)c2cc(C)nn2CC)nc2cc(C(N)=O)sc21.Cl.Cl.Cl.Cl. The molecule has 5 heterocycles. The van der Waals surface area contributed by atoms with Crippen LogP contribution in [0.15, 0.2) is 42.5 Å². The molecule has 0 radical (unpaired) electrons. The molecule has 3 amide bonds. The first-order valence-electron chi connectivity index (χ1n) is 17.9. The number of primary amides is 2. The number of benzene rings is 1. The Balaban J connectivity index is 0.00000310. The highest BCUT2D eigenvalue weighted by Crippen LogP contribution is 2.31. The number of imidazole rings is 2. The number of amides is 3. The number of nitrogens with zero attached hydrogens (tertiary/aromatic N) is 8. The molecular formula is C37H46Cl4FN11O6S. The Bertz CT molecular complexity index is 2510. The van der Waals surface area contributed by atoms with Crippen molar-refractivity contribution in [3.63, 3.8) is 0 Å². The number of fused-ring (bicyclic) bond motifs is 2. The molecule has 1 aromatic carbocycles. The van der Waals surface area contributed by atoms with E-state index in [-0.39, 0.29) is 105 Å². The molecule has 17 nitrogen and oxygen atoms in total. The number of carbonyl (C=O) groups is 4. The summed E-state index contributed by atoms with van der Waals surface area (Å²) in [5, 5.41) is 11.7. The number of hydrogen-bond acceptors (Lipinski definition) is 11. The summed E-state index contributed by atoms with van der Waals surface area (Å²) in [6.45, 7) is 9.89. The van der Waals surface area contributed by atoms with E-state index in [9.17, 15) is 23.6 Å². The second-order valence-corrected chi connectivity index (χ2v) is 13.8. The van der Waals surface area contributed by atoms with Crippen molar-refractivity contribution in [2.75, 3.05) is 18.5 Å². The van der Waals surface area contributed by atoms with Crippen LogP contribution >= 0.6 is 61.0 Å².